The number of morpholine rings is 1. The number of carbonyl (C=O) groups excluding carboxylic acids is 2. The van der Waals surface area contributed by atoms with E-state index in [1.165, 1.54) is 6.92 Å². The van der Waals surface area contributed by atoms with Crippen molar-refractivity contribution in [2.75, 3.05) is 19.7 Å². The molecule has 2 aromatic rings. The molecule has 1 N–H and O–H groups in total. The minimum atomic E-state index is -0.110. The van der Waals surface area contributed by atoms with Crippen molar-refractivity contribution in [2.24, 2.45) is 0 Å². The number of nitrogens with one attached hydrogen (secondary N) is 1. The molecule has 1 fully saturated rings. The summed E-state index contributed by atoms with van der Waals surface area (Å²) in [6.45, 7) is 3.05. The molecule has 114 valence electrons. The van der Waals surface area contributed by atoms with Gasteiger partial charge < -0.3 is 14.6 Å². The lowest BCUT2D eigenvalue weighted by atomic mass is 10.1. The third-order valence-electron chi connectivity index (χ3n) is 3.84. The predicted octanol–water partition coefficient (Wildman–Crippen LogP) is 2.43. The highest BCUT2D eigenvalue weighted by Gasteiger charge is 2.26. The Hall–Kier alpha value is -2.40. The van der Waals surface area contributed by atoms with Gasteiger partial charge in [0, 0.05) is 18.3 Å². The van der Waals surface area contributed by atoms with Crippen molar-refractivity contribution in [3.8, 4) is 0 Å². The van der Waals surface area contributed by atoms with Crippen molar-refractivity contribution in [1.29, 1.82) is 0 Å². The van der Waals surface area contributed by atoms with Gasteiger partial charge in [-0.05, 0) is 18.6 Å². The Kier molecular flexibility index (Phi) is 4.06. The normalized spacial score (nSPS) is 18.2. The number of aromatic amines is 1. The minimum absolute atomic E-state index is 0.0561. The fourth-order valence-corrected chi connectivity index (χ4v) is 2.59. The summed E-state index contributed by atoms with van der Waals surface area (Å²) in [5, 5.41) is 0. The average molecular weight is 298 g/mol. The molecule has 1 aliphatic heterocycles. The van der Waals surface area contributed by atoms with Crippen LogP contribution in [-0.2, 0) is 4.74 Å². The zero-order valence-corrected chi connectivity index (χ0v) is 12.4. The highest BCUT2D eigenvalue weighted by molar-refractivity contribution is 5.99. The number of hydrogen-bond acceptors (Lipinski definition) is 3. The average Bonchev–Trinajstić information content (AvgIpc) is 3.05. The van der Waals surface area contributed by atoms with Crippen molar-refractivity contribution in [3.63, 3.8) is 0 Å². The second-order valence-electron chi connectivity index (χ2n) is 5.38. The minimum Gasteiger partial charge on any atom is -0.370 e. The van der Waals surface area contributed by atoms with Crippen LogP contribution >= 0.6 is 0 Å². The van der Waals surface area contributed by atoms with Crippen LogP contribution in [0.4, 0.5) is 0 Å². The summed E-state index contributed by atoms with van der Waals surface area (Å²) in [4.78, 5) is 28.5. The Morgan fingerprint density at radius 3 is 2.73 bits per heavy atom. The van der Waals surface area contributed by atoms with E-state index in [0.29, 0.717) is 31.0 Å². The molecule has 0 radical (unpaired) electrons. The first-order valence-electron chi connectivity index (χ1n) is 7.30. The van der Waals surface area contributed by atoms with E-state index in [9.17, 15) is 9.59 Å². The van der Waals surface area contributed by atoms with Crippen LogP contribution in [0.5, 0.6) is 0 Å². The van der Waals surface area contributed by atoms with Gasteiger partial charge in [-0.1, -0.05) is 30.3 Å². The second-order valence-corrected chi connectivity index (χ2v) is 5.38. The van der Waals surface area contributed by atoms with E-state index in [-0.39, 0.29) is 17.8 Å². The van der Waals surface area contributed by atoms with Gasteiger partial charge in [0.1, 0.15) is 11.8 Å². The highest BCUT2D eigenvalue weighted by atomic mass is 16.5. The molecule has 2 heterocycles. The molecule has 0 bridgehead atoms. The molecule has 1 aliphatic rings. The Bertz CT molecular complexity index is 678. The lowest BCUT2D eigenvalue weighted by Crippen LogP contribution is -2.42. The van der Waals surface area contributed by atoms with Crippen LogP contribution in [-0.4, -0.2) is 41.3 Å². The van der Waals surface area contributed by atoms with E-state index in [1.54, 1.807) is 17.2 Å². The molecule has 1 aromatic heterocycles. The fourth-order valence-electron chi connectivity index (χ4n) is 2.59. The van der Waals surface area contributed by atoms with E-state index in [1.807, 2.05) is 30.3 Å². The molecule has 1 amide bonds. The quantitative estimate of drug-likeness (QED) is 0.885. The topological polar surface area (TPSA) is 62.4 Å². The first kappa shape index (κ1) is 14.5. The summed E-state index contributed by atoms with van der Waals surface area (Å²) < 4.78 is 5.77. The Balaban J connectivity index is 1.73. The number of ether oxygens (including phenoxy) is 1. The standard InChI is InChI=1S/C17H18N2O3/c1-12(20)14-9-15(18-10-14)17(21)19-7-8-22-16(11-19)13-5-3-2-4-6-13/h2-6,9-10,16,18H,7-8,11H2,1H3. The molecule has 0 aliphatic carbocycles. The summed E-state index contributed by atoms with van der Waals surface area (Å²) >= 11 is 0. The molecular weight excluding hydrogens is 280 g/mol. The number of amides is 1. The number of Topliss-reactive ketones (excluding diaryl/α,β-unsaturated/α-hetero) is 1. The van der Waals surface area contributed by atoms with Crippen LogP contribution in [0.1, 0.15) is 39.4 Å². The largest absolute Gasteiger partial charge is 0.370 e. The van der Waals surface area contributed by atoms with Crippen molar-refractivity contribution < 1.29 is 14.3 Å². The molecule has 5 nitrogen and oxygen atoms in total. The Labute approximate surface area is 128 Å². The van der Waals surface area contributed by atoms with E-state index in [4.69, 9.17) is 4.74 Å². The van der Waals surface area contributed by atoms with Gasteiger partial charge in [-0.2, -0.15) is 0 Å². The third-order valence-corrected chi connectivity index (χ3v) is 3.84. The van der Waals surface area contributed by atoms with Gasteiger partial charge in [-0.25, -0.2) is 0 Å². The number of hydrogen-bond donors (Lipinski definition) is 1. The Morgan fingerprint density at radius 1 is 1.27 bits per heavy atom. The zero-order valence-electron chi connectivity index (χ0n) is 12.4. The summed E-state index contributed by atoms with van der Waals surface area (Å²) in [5.74, 6) is -0.156. The zero-order chi connectivity index (χ0) is 15.5. The van der Waals surface area contributed by atoms with Gasteiger partial charge in [-0.3, -0.25) is 9.59 Å². The van der Waals surface area contributed by atoms with Crippen LogP contribution < -0.4 is 0 Å². The summed E-state index contributed by atoms with van der Waals surface area (Å²) in [5.41, 5.74) is 2.03. The summed E-state index contributed by atoms with van der Waals surface area (Å²) in [7, 11) is 0. The predicted molar refractivity (Wildman–Crippen MR) is 81.8 cm³/mol. The van der Waals surface area contributed by atoms with E-state index in [2.05, 4.69) is 4.98 Å². The Morgan fingerprint density at radius 2 is 2.05 bits per heavy atom. The number of rotatable bonds is 3. The fraction of sp³-hybridized carbons (Fsp3) is 0.294. The maximum atomic E-state index is 12.5. The van der Waals surface area contributed by atoms with Crippen LogP contribution in [0, 0.1) is 0 Å². The number of H-pyrrole nitrogens is 1. The molecule has 3 rings (SSSR count). The van der Waals surface area contributed by atoms with Crippen LogP contribution in [0.25, 0.3) is 0 Å². The maximum absolute atomic E-state index is 12.5. The van der Waals surface area contributed by atoms with Gasteiger partial charge in [0.25, 0.3) is 5.91 Å². The first-order valence-corrected chi connectivity index (χ1v) is 7.30. The molecular formula is C17H18N2O3. The van der Waals surface area contributed by atoms with Crippen molar-refractivity contribution in [3.05, 3.63) is 59.4 Å². The number of carbonyl (C=O) groups is 2. The highest BCUT2D eigenvalue weighted by Crippen LogP contribution is 2.23. The molecule has 1 saturated heterocycles. The maximum Gasteiger partial charge on any atom is 0.270 e. The van der Waals surface area contributed by atoms with Gasteiger partial charge >= 0.3 is 0 Å². The SMILES string of the molecule is CC(=O)c1c[nH]c(C(=O)N2CCOC(c3ccccc3)C2)c1. The van der Waals surface area contributed by atoms with Crippen molar-refractivity contribution >= 4 is 11.7 Å². The molecule has 1 atom stereocenters. The number of benzene rings is 1. The second kappa shape index (κ2) is 6.15. The molecule has 5 heteroatoms. The third kappa shape index (κ3) is 2.94. The smallest absolute Gasteiger partial charge is 0.270 e. The van der Waals surface area contributed by atoms with Crippen LogP contribution in [0.3, 0.4) is 0 Å². The molecule has 0 saturated carbocycles. The van der Waals surface area contributed by atoms with Gasteiger partial charge in [0.2, 0.25) is 0 Å². The van der Waals surface area contributed by atoms with Gasteiger partial charge in [-0.15, -0.1) is 0 Å². The van der Waals surface area contributed by atoms with Crippen molar-refractivity contribution in [1.82, 2.24) is 9.88 Å². The van der Waals surface area contributed by atoms with E-state index in [0.717, 1.165) is 5.56 Å². The number of nitrogens with zero attached hydrogens (tertiary/aromatic N) is 1. The lowest BCUT2D eigenvalue weighted by Gasteiger charge is -2.33. The monoisotopic (exact) mass is 298 g/mol. The summed E-state index contributed by atoms with van der Waals surface area (Å²) in [6.07, 6.45) is 1.46. The summed E-state index contributed by atoms with van der Waals surface area (Å²) in [6, 6.07) is 11.5. The number of ketones is 1. The van der Waals surface area contributed by atoms with Gasteiger partial charge in [0.15, 0.2) is 5.78 Å². The lowest BCUT2D eigenvalue weighted by molar-refractivity contribution is -0.0229. The molecule has 1 unspecified atom stereocenters. The van der Waals surface area contributed by atoms with Crippen molar-refractivity contribution in [2.45, 2.75) is 13.0 Å². The molecule has 22 heavy (non-hydrogen) atoms. The molecule has 1 aromatic carbocycles. The van der Waals surface area contributed by atoms with Crippen LogP contribution in [0.15, 0.2) is 42.6 Å². The van der Waals surface area contributed by atoms with E-state index < -0.39 is 0 Å². The molecule has 0 spiro atoms. The van der Waals surface area contributed by atoms with Gasteiger partial charge in [0.05, 0.1) is 13.2 Å². The van der Waals surface area contributed by atoms with Crippen LogP contribution in [0.2, 0.25) is 0 Å². The first-order chi connectivity index (χ1) is 10.6. The van der Waals surface area contributed by atoms with E-state index >= 15 is 0 Å². The number of aromatic nitrogens is 1.